The van der Waals surface area contributed by atoms with E-state index in [0.29, 0.717) is 10.7 Å². The third-order valence-electron chi connectivity index (χ3n) is 5.06. The van der Waals surface area contributed by atoms with Gasteiger partial charge in [0, 0.05) is 41.3 Å². The molecule has 0 radical (unpaired) electrons. The molecule has 1 saturated heterocycles. The van der Waals surface area contributed by atoms with E-state index in [2.05, 4.69) is 39.5 Å². The molecule has 0 aliphatic carbocycles. The maximum atomic E-state index is 12.4. The molecule has 2 heterocycles. The molecule has 5 nitrogen and oxygen atoms in total. The van der Waals surface area contributed by atoms with Crippen LogP contribution in [0.5, 0.6) is 0 Å². The lowest BCUT2D eigenvalue weighted by Crippen LogP contribution is -2.35. The molecule has 4 rings (SSSR count). The first-order valence-electron chi connectivity index (χ1n) is 9.96. The Hall–Kier alpha value is -2.25. The highest BCUT2D eigenvalue weighted by Gasteiger charge is 2.12. The lowest BCUT2D eigenvalue weighted by atomic mass is 10.1. The summed E-state index contributed by atoms with van der Waals surface area (Å²) in [6.45, 7) is 6.45. The number of anilines is 1. The molecule has 1 aromatic heterocycles. The van der Waals surface area contributed by atoms with Crippen LogP contribution in [-0.2, 0) is 22.5 Å². The van der Waals surface area contributed by atoms with Crippen LogP contribution in [0.15, 0.2) is 47.8 Å². The van der Waals surface area contributed by atoms with Crippen molar-refractivity contribution in [2.24, 2.45) is 0 Å². The number of thiazole rings is 1. The largest absolute Gasteiger partial charge is 0.379 e. The number of carbonyl (C=O) groups is 1. The van der Waals surface area contributed by atoms with Crippen LogP contribution in [0.4, 0.5) is 5.69 Å². The quantitative estimate of drug-likeness (QED) is 0.597. The minimum atomic E-state index is -0.104. The van der Waals surface area contributed by atoms with Crippen molar-refractivity contribution >= 4 is 34.5 Å². The first-order chi connectivity index (χ1) is 14.6. The van der Waals surface area contributed by atoms with Gasteiger partial charge in [-0.25, -0.2) is 4.98 Å². The molecular weight excluding hydrogens is 418 g/mol. The Labute approximate surface area is 185 Å². The molecule has 2 aromatic carbocycles. The molecule has 1 fully saturated rings. The second kappa shape index (κ2) is 9.71. The first kappa shape index (κ1) is 21.0. The van der Waals surface area contributed by atoms with Gasteiger partial charge in [0.25, 0.3) is 0 Å². The third-order valence-corrected chi connectivity index (χ3v) is 6.41. The van der Waals surface area contributed by atoms with Gasteiger partial charge in [0.05, 0.1) is 25.3 Å². The van der Waals surface area contributed by atoms with E-state index in [4.69, 9.17) is 16.3 Å². The van der Waals surface area contributed by atoms with Crippen molar-refractivity contribution in [1.29, 1.82) is 0 Å². The molecule has 1 aliphatic rings. The van der Waals surface area contributed by atoms with Crippen LogP contribution < -0.4 is 5.32 Å². The van der Waals surface area contributed by atoms with Crippen LogP contribution in [-0.4, -0.2) is 42.1 Å². The molecule has 0 spiro atoms. The molecule has 30 heavy (non-hydrogen) atoms. The fraction of sp³-hybridized carbons (Fsp3) is 0.304. The van der Waals surface area contributed by atoms with Crippen LogP contribution >= 0.6 is 22.9 Å². The number of nitrogens with one attached hydrogen (secondary N) is 1. The SMILES string of the molecule is Cc1ccc(NC(=O)Cc2csc(-c3ccc(CN4CCOCC4)cc3)n2)cc1Cl. The fourth-order valence-electron chi connectivity index (χ4n) is 3.33. The van der Waals surface area contributed by atoms with E-state index in [1.165, 1.54) is 5.56 Å². The normalized spacial score (nSPS) is 14.6. The molecule has 0 atom stereocenters. The van der Waals surface area contributed by atoms with Crippen molar-refractivity contribution < 1.29 is 9.53 Å². The number of morpholine rings is 1. The van der Waals surface area contributed by atoms with E-state index in [0.717, 1.165) is 54.7 Å². The Kier molecular flexibility index (Phi) is 6.79. The number of carbonyl (C=O) groups excluding carboxylic acids is 1. The van der Waals surface area contributed by atoms with Gasteiger partial charge in [-0.15, -0.1) is 11.3 Å². The van der Waals surface area contributed by atoms with E-state index >= 15 is 0 Å². The summed E-state index contributed by atoms with van der Waals surface area (Å²) >= 11 is 7.68. The first-order valence-corrected chi connectivity index (χ1v) is 11.2. The number of nitrogens with zero attached hydrogens (tertiary/aromatic N) is 2. The zero-order valence-corrected chi connectivity index (χ0v) is 18.4. The summed E-state index contributed by atoms with van der Waals surface area (Å²) in [6, 6.07) is 14.0. The molecule has 7 heteroatoms. The van der Waals surface area contributed by atoms with Crippen LogP contribution in [0.2, 0.25) is 5.02 Å². The van der Waals surface area contributed by atoms with E-state index < -0.39 is 0 Å². The van der Waals surface area contributed by atoms with Crippen LogP contribution in [0.25, 0.3) is 10.6 Å². The standard InChI is InChI=1S/C23H24ClN3O2S/c1-16-2-7-19(12-21(16)24)25-22(28)13-20-15-30-23(26-20)18-5-3-17(4-6-18)14-27-8-10-29-11-9-27/h2-7,12,15H,8-11,13-14H2,1H3,(H,25,28). The molecule has 0 bridgehead atoms. The van der Waals surface area contributed by atoms with E-state index in [-0.39, 0.29) is 12.3 Å². The number of benzene rings is 2. The number of aromatic nitrogens is 1. The number of rotatable bonds is 6. The Morgan fingerprint density at radius 2 is 1.97 bits per heavy atom. The Bertz CT molecular complexity index is 1010. The highest BCUT2D eigenvalue weighted by Crippen LogP contribution is 2.25. The molecular formula is C23H24ClN3O2S. The Morgan fingerprint density at radius 1 is 1.20 bits per heavy atom. The summed E-state index contributed by atoms with van der Waals surface area (Å²) in [7, 11) is 0. The highest BCUT2D eigenvalue weighted by molar-refractivity contribution is 7.13. The fourth-order valence-corrected chi connectivity index (χ4v) is 4.34. The van der Waals surface area contributed by atoms with Crippen molar-refractivity contribution in [2.45, 2.75) is 19.9 Å². The molecule has 3 aromatic rings. The molecule has 0 unspecified atom stereocenters. The minimum absolute atomic E-state index is 0.104. The third kappa shape index (κ3) is 5.46. The average Bonchev–Trinajstić information content (AvgIpc) is 3.20. The van der Waals surface area contributed by atoms with Crippen molar-refractivity contribution in [2.75, 3.05) is 31.6 Å². The Balaban J connectivity index is 1.35. The maximum absolute atomic E-state index is 12.4. The molecule has 0 saturated carbocycles. The van der Waals surface area contributed by atoms with Crippen molar-refractivity contribution in [3.05, 3.63) is 69.7 Å². The monoisotopic (exact) mass is 441 g/mol. The smallest absolute Gasteiger partial charge is 0.230 e. The number of aryl methyl sites for hydroxylation is 1. The highest BCUT2D eigenvalue weighted by atomic mass is 35.5. The Morgan fingerprint density at radius 3 is 2.70 bits per heavy atom. The van der Waals surface area contributed by atoms with Crippen LogP contribution in [0, 0.1) is 6.92 Å². The average molecular weight is 442 g/mol. The zero-order chi connectivity index (χ0) is 20.9. The van der Waals surface area contributed by atoms with Crippen LogP contribution in [0.3, 0.4) is 0 Å². The topological polar surface area (TPSA) is 54.5 Å². The molecule has 1 N–H and O–H groups in total. The van der Waals surface area contributed by atoms with Gasteiger partial charge in [0.15, 0.2) is 0 Å². The summed E-state index contributed by atoms with van der Waals surface area (Å²) in [5, 5.41) is 6.39. The van der Waals surface area contributed by atoms with Crippen molar-refractivity contribution in [3.63, 3.8) is 0 Å². The number of ether oxygens (including phenoxy) is 1. The molecule has 1 amide bonds. The van der Waals surface area contributed by atoms with Gasteiger partial charge in [0.2, 0.25) is 5.91 Å². The van der Waals surface area contributed by atoms with Gasteiger partial charge in [-0.3, -0.25) is 9.69 Å². The van der Waals surface area contributed by atoms with E-state index in [1.54, 1.807) is 17.4 Å². The van der Waals surface area contributed by atoms with E-state index in [9.17, 15) is 4.79 Å². The summed E-state index contributed by atoms with van der Waals surface area (Å²) in [4.78, 5) is 19.4. The number of halogens is 1. The zero-order valence-electron chi connectivity index (χ0n) is 16.9. The van der Waals surface area contributed by atoms with Gasteiger partial charge in [0.1, 0.15) is 5.01 Å². The maximum Gasteiger partial charge on any atom is 0.230 e. The van der Waals surface area contributed by atoms with Gasteiger partial charge in [-0.2, -0.15) is 0 Å². The number of amides is 1. The number of hydrogen-bond acceptors (Lipinski definition) is 5. The predicted octanol–water partition coefficient (Wildman–Crippen LogP) is 4.79. The summed E-state index contributed by atoms with van der Waals surface area (Å²) in [5.41, 5.74) is 4.80. The molecule has 1 aliphatic heterocycles. The van der Waals surface area contributed by atoms with Gasteiger partial charge >= 0.3 is 0 Å². The van der Waals surface area contributed by atoms with Gasteiger partial charge in [-0.05, 0) is 30.2 Å². The van der Waals surface area contributed by atoms with E-state index in [1.807, 2.05) is 24.4 Å². The summed E-state index contributed by atoms with van der Waals surface area (Å²) < 4.78 is 5.40. The van der Waals surface area contributed by atoms with Gasteiger partial charge in [-0.1, -0.05) is 41.9 Å². The van der Waals surface area contributed by atoms with Crippen molar-refractivity contribution in [3.8, 4) is 10.6 Å². The summed E-state index contributed by atoms with van der Waals surface area (Å²) in [5.74, 6) is -0.104. The van der Waals surface area contributed by atoms with Crippen molar-refractivity contribution in [1.82, 2.24) is 9.88 Å². The minimum Gasteiger partial charge on any atom is -0.379 e. The predicted molar refractivity (Wildman–Crippen MR) is 122 cm³/mol. The lowest BCUT2D eigenvalue weighted by molar-refractivity contribution is -0.115. The second-order valence-electron chi connectivity index (χ2n) is 7.42. The van der Waals surface area contributed by atoms with Gasteiger partial charge < -0.3 is 10.1 Å². The lowest BCUT2D eigenvalue weighted by Gasteiger charge is -2.26. The number of hydrogen-bond donors (Lipinski definition) is 1. The van der Waals surface area contributed by atoms with Crippen LogP contribution in [0.1, 0.15) is 16.8 Å². The second-order valence-corrected chi connectivity index (χ2v) is 8.68. The molecule has 156 valence electrons. The summed E-state index contributed by atoms with van der Waals surface area (Å²) in [6.07, 6.45) is 0.233.